The van der Waals surface area contributed by atoms with Gasteiger partial charge >= 0.3 is 18.0 Å². The third kappa shape index (κ3) is 11.2. The zero-order valence-corrected chi connectivity index (χ0v) is 22.7. The highest BCUT2D eigenvalue weighted by atomic mass is 32.2. The Hall–Kier alpha value is -4.31. The SMILES string of the molecule is O=C(CCC[C@H](NC(=O)OCc1ccccc1)C(=O)OCc1ccccc1)N[C@@H](CSc1ccccc1)C(=O)O. The Morgan fingerprint density at radius 2 is 1.27 bits per heavy atom. The van der Waals surface area contributed by atoms with Crippen LogP contribution in [0.3, 0.4) is 0 Å². The van der Waals surface area contributed by atoms with Crippen molar-refractivity contribution in [3.63, 3.8) is 0 Å². The molecular weight excluding hydrogens is 532 g/mol. The standard InChI is InChI=1S/C30H32N2O7S/c33-27(31-26(28(34)35)21-40-24-15-8-3-9-16-24)18-10-17-25(29(36)38-19-22-11-4-1-5-12-22)32-30(37)39-20-23-13-6-2-7-14-23/h1-9,11-16,25-26H,10,17-21H2,(H,31,33)(H,32,37)(H,34,35)/t25-,26-/m0/s1. The number of thioether (sulfide) groups is 1. The Kier molecular flexibility index (Phi) is 12.6. The Labute approximate surface area is 237 Å². The summed E-state index contributed by atoms with van der Waals surface area (Å²) in [4.78, 5) is 50.3. The van der Waals surface area contributed by atoms with Crippen LogP contribution < -0.4 is 10.6 Å². The molecule has 0 aliphatic heterocycles. The minimum absolute atomic E-state index is 0.0246. The summed E-state index contributed by atoms with van der Waals surface area (Å²) in [5.41, 5.74) is 1.57. The molecule has 0 saturated heterocycles. The average Bonchev–Trinajstić information content (AvgIpc) is 2.98. The van der Waals surface area contributed by atoms with Crippen molar-refractivity contribution in [1.82, 2.24) is 10.6 Å². The minimum Gasteiger partial charge on any atom is -0.480 e. The normalized spacial score (nSPS) is 12.0. The highest BCUT2D eigenvalue weighted by Crippen LogP contribution is 2.18. The first kappa shape index (κ1) is 30.2. The maximum Gasteiger partial charge on any atom is 0.408 e. The summed E-state index contributed by atoms with van der Waals surface area (Å²) in [6.07, 6.45) is -0.534. The van der Waals surface area contributed by atoms with Crippen molar-refractivity contribution in [3.05, 3.63) is 102 Å². The number of hydrogen-bond donors (Lipinski definition) is 3. The van der Waals surface area contributed by atoms with Crippen molar-refractivity contribution in [2.75, 3.05) is 5.75 Å². The minimum atomic E-state index is -1.14. The number of aliphatic carboxylic acids is 1. The Balaban J connectivity index is 1.51. The monoisotopic (exact) mass is 564 g/mol. The lowest BCUT2D eigenvalue weighted by Gasteiger charge is -2.18. The van der Waals surface area contributed by atoms with Crippen molar-refractivity contribution >= 4 is 35.7 Å². The van der Waals surface area contributed by atoms with Gasteiger partial charge in [-0.25, -0.2) is 14.4 Å². The molecule has 0 fully saturated rings. The molecule has 9 nitrogen and oxygen atoms in total. The highest BCUT2D eigenvalue weighted by molar-refractivity contribution is 7.99. The van der Waals surface area contributed by atoms with Gasteiger partial charge in [0.1, 0.15) is 25.3 Å². The van der Waals surface area contributed by atoms with Crippen molar-refractivity contribution in [1.29, 1.82) is 0 Å². The molecule has 0 aliphatic carbocycles. The number of nitrogens with one attached hydrogen (secondary N) is 2. The van der Waals surface area contributed by atoms with E-state index in [2.05, 4.69) is 10.6 Å². The van der Waals surface area contributed by atoms with Gasteiger partial charge in [-0.1, -0.05) is 78.9 Å². The fourth-order valence-electron chi connectivity index (χ4n) is 3.59. The Bertz CT molecular complexity index is 1230. The molecule has 0 saturated carbocycles. The summed E-state index contributed by atoms with van der Waals surface area (Å²) in [5.74, 6) is -2.11. The van der Waals surface area contributed by atoms with Crippen molar-refractivity contribution in [2.24, 2.45) is 0 Å². The molecular formula is C30H32N2O7S. The molecule has 3 aromatic rings. The van der Waals surface area contributed by atoms with Gasteiger partial charge in [-0.3, -0.25) is 4.79 Å². The van der Waals surface area contributed by atoms with Crippen molar-refractivity contribution in [2.45, 2.75) is 49.5 Å². The van der Waals surface area contributed by atoms with Crippen LogP contribution >= 0.6 is 11.8 Å². The Morgan fingerprint density at radius 3 is 1.85 bits per heavy atom. The molecule has 2 atom stereocenters. The topological polar surface area (TPSA) is 131 Å². The van der Waals surface area contributed by atoms with Gasteiger partial charge in [0.15, 0.2) is 0 Å². The molecule has 2 amide bonds. The first-order valence-electron chi connectivity index (χ1n) is 12.8. The molecule has 10 heteroatoms. The van der Waals surface area contributed by atoms with E-state index in [9.17, 15) is 24.3 Å². The number of alkyl carbamates (subject to hydrolysis) is 1. The summed E-state index contributed by atoms with van der Waals surface area (Å²) < 4.78 is 10.6. The van der Waals surface area contributed by atoms with E-state index in [0.29, 0.717) is 0 Å². The first-order valence-corrected chi connectivity index (χ1v) is 13.8. The van der Waals surface area contributed by atoms with Crippen LogP contribution in [0.15, 0.2) is 95.9 Å². The molecule has 3 N–H and O–H groups in total. The van der Waals surface area contributed by atoms with Crippen LogP contribution in [0.5, 0.6) is 0 Å². The zero-order valence-electron chi connectivity index (χ0n) is 21.9. The summed E-state index contributed by atoms with van der Waals surface area (Å²) in [6.45, 7) is 0.0508. The highest BCUT2D eigenvalue weighted by Gasteiger charge is 2.25. The largest absolute Gasteiger partial charge is 0.480 e. The lowest BCUT2D eigenvalue weighted by Crippen LogP contribution is -2.43. The van der Waals surface area contributed by atoms with Gasteiger partial charge in [-0.2, -0.15) is 0 Å². The van der Waals surface area contributed by atoms with E-state index in [0.717, 1.165) is 16.0 Å². The van der Waals surface area contributed by atoms with Crippen molar-refractivity contribution < 1.29 is 33.8 Å². The van der Waals surface area contributed by atoms with E-state index < -0.39 is 36.0 Å². The third-order valence-corrected chi connectivity index (χ3v) is 6.81. The fourth-order valence-corrected chi connectivity index (χ4v) is 4.52. The second kappa shape index (κ2) is 16.6. The van der Waals surface area contributed by atoms with Gasteiger partial charge in [-0.15, -0.1) is 11.8 Å². The number of ether oxygens (including phenoxy) is 2. The quantitative estimate of drug-likeness (QED) is 0.181. The maximum atomic E-state index is 12.8. The van der Waals surface area contributed by atoms with Gasteiger partial charge < -0.3 is 25.2 Å². The molecule has 40 heavy (non-hydrogen) atoms. The molecule has 0 aliphatic rings. The van der Waals surface area contributed by atoms with Crippen LogP contribution in [0.4, 0.5) is 4.79 Å². The molecule has 0 spiro atoms. The third-order valence-electron chi connectivity index (χ3n) is 5.70. The van der Waals surface area contributed by atoms with Gasteiger partial charge in [0, 0.05) is 17.1 Å². The molecule has 3 aromatic carbocycles. The summed E-state index contributed by atoms with van der Waals surface area (Å²) >= 11 is 1.33. The van der Waals surface area contributed by atoms with Gasteiger partial charge in [0.2, 0.25) is 5.91 Å². The summed E-state index contributed by atoms with van der Waals surface area (Å²) in [6, 6.07) is 25.4. The molecule has 3 rings (SSSR count). The molecule has 0 bridgehead atoms. The van der Waals surface area contributed by atoms with Crippen LogP contribution in [0.1, 0.15) is 30.4 Å². The van der Waals surface area contributed by atoms with E-state index >= 15 is 0 Å². The number of carboxylic acids is 1. The van der Waals surface area contributed by atoms with E-state index in [1.54, 1.807) is 12.1 Å². The van der Waals surface area contributed by atoms with E-state index in [1.807, 2.05) is 78.9 Å². The van der Waals surface area contributed by atoms with Gasteiger partial charge in [0.25, 0.3) is 0 Å². The molecule has 0 unspecified atom stereocenters. The second-order valence-corrected chi connectivity index (χ2v) is 9.92. The van der Waals surface area contributed by atoms with Gasteiger partial charge in [0.05, 0.1) is 0 Å². The number of carbonyl (C=O) groups is 4. The van der Waals surface area contributed by atoms with Crippen LogP contribution in [-0.2, 0) is 37.1 Å². The van der Waals surface area contributed by atoms with E-state index in [1.165, 1.54) is 11.8 Å². The molecule has 210 valence electrons. The van der Waals surface area contributed by atoms with E-state index in [-0.39, 0.29) is 38.2 Å². The Morgan fingerprint density at radius 1 is 0.725 bits per heavy atom. The number of carboxylic acid groups (broad SMARTS) is 1. The summed E-state index contributed by atoms with van der Waals surface area (Å²) in [7, 11) is 0. The fraction of sp³-hybridized carbons (Fsp3) is 0.267. The second-order valence-electron chi connectivity index (χ2n) is 8.83. The predicted octanol–water partition coefficient (Wildman–Crippen LogP) is 4.56. The molecule has 0 radical (unpaired) electrons. The molecule has 0 heterocycles. The smallest absolute Gasteiger partial charge is 0.408 e. The van der Waals surface area contributed by atoms with Crippen LogP contribution in [0, 0.1) is 0 Å². The summed E-state index contributed by atoms with van der Waals surface area (Å²) in [5, 5.41) is 14.6. The van der Waals surface area contributed by atoms with Crippen LogP contribution in [0.2, 0.25) is 0 Å². The number of hydrogen-bond acceptors (Lipinski definition) is 7. The van der Waals surface area contributed by atoms with Gasteiger partial charge in [-0.05, 0) is 36.1 Å². The molecule has 0 aromatic heterocycles. The van der Waals surface area contributed by atoms with Crippen LogP contribution in [-0.4, -0.2) is 46.9 Å². The first-order chi connectivity index (χ1) is 19.4. The number of rotatable bonds is 15. The maximum absolute atomic E-state index is 12.8. The number of carbonyl (C=O) groups excluding carboxylic acids is 3. The lowest BCUT2D eigenvalue weighted by atomic mass is 10.1. The number of benzene rings is 3. The van der Waals surface area contributed by atoms with Crippen molar-refractivity contribution in [3.8, 4) is 0 Å². The average molecular weight is 565 g/mol. The predicted molar refractivity (Wildman–Crippen MR) is 150 cm³/mol. The van der Waals surface area contributed by atoms with Crippen LogP contribution in [0.25, 0.3) is 0 Å². The lowest BCUT2D eigenvalue weighted by molar-refractivity contribution is -0.147. The number of amides is 2. The van der Waals surface area contributed by atoms with E-state index in [4.69, 9.17) is 9.47 Å². The zero-order chi connectivity index (χ0) is 28.6. The number of esters is 1.